The Bertz CT molecular complexity index is 798. The number of ether oxygens (including phenoxy) is 3. The van der Waals surface area contributed by atoms with Crippen LogP contribution < -0.4 is 14.9 Å². The largest absolute Gasteiger partial charge is 0.458 e. The van der Waals surface area contributed by atoms with Crippen LogP contribution >= 0.6 is 0 Å². The van der Waals surface area contributed by atoms with Crippen LogP contribution in [0.5, 0.6) is 11.5 Å². The number of fused-ring (bicyclic) bond motifs is 2. The molecule has 3 rings (SSSR count). The number of esters is 1. The molecule has 2 aromatic rings. The zero-order valence-electron chi connectivity index (χ0n) is 11.9. The lowest BCUT2D eigenvalue weighted by molar-refractivity contribution is 0.0423. The van der Waals surface area contributed by atoms with E-state index in [-0.39, 0.29) is 25.7 Å². The summed E-state index contributed by atoms with van der Waals surface area (Å²) >= 11 is 0. The van der Waals surface area contributed by atoms with E-state index < -0.39 is 11.4 Å². The molecule has 116 valence electrons. The molecule has 22 heavy (non-hydrogen) atoms. The molecule has 1 aliphatic heterocycles. The van der Waals surface area contributed by atoms with E-state index in [1.165, 1.54) is 10.7 Å². The van der Waals surface area contributed by atoms with E-state index in [1.807, 2.05) is 6.92 Å². The Hall–Kier alpha value is -2.61. The van der Waals surface area contributed by atoms with Gasteiger partial charge in [0.1, 0.15) is 6.61 Å². The number of nitrogens with zero attached hydrogens (tertiary/aromatic N) is 2. The number of rotatable bonds is 4. The Balaban J connectivity index is 2.19. The van der Waals surface area contributed by atoms with Gasteiger partial charge in [0.25, 0.3) is 0 Å². The van der Waals surface area contributed by atoms with Gasteiger partial charge in [-0.05, 0) is 13.0 Å². The van der Waals surface area contributed by atoms with Crippen molar-refractivity contribution in [1.29, 1.82) is 0 Å². The maximum absolute atomic E-state index is 12.5. The summed E-state index contributed by atoms with van der Waals surface area (Å²) in [6.45, 7) is 1.87. The predicted molar refractivity (Wildman–Crippen MR) is 75.2 cm³/mol. The number of aliphatic hydroxyl groups is 1. The van der Waals surface area contributed by atoms with Crippen molar-refractivity contribution >= 4 is 16.9 Å². The molecule has 0 atom stereocenters. The van der Waals surface area contributed by atoms with Gasteiger partial charge in [0.2, 0.25) is 17.9 Å². The first-order valence-corrected chi connectivity index (χ1v) is 6.78. The van der Waals surface area contributed by atoms with Crippen LogP contribution in [-0.2, 0) is 11.3 Å². The number of aliphatic hydroxyl groups excluding tert-OH is 1. The molecule has 1 aromatic carbocycles. The smallest absolute Gasteiger partial charge is 0.363 e. The third-order valence-corrected chi connectivity index (χ3v) is 3.27. The van der Waals surface area contributed by atoms with Crippen molar-refractivity contribution < 1.29 is 24.1 Å². The van der Waals surface area contributed by atoms with Crippen molar-refractivity contribution in [2.24, 2.45) is 0 Å². The van der Waals surface area contributed by atoms with Crippen molar-refractivity contribution in [3.8, 4) is 11.5 Å². The molecule has 0 unspecified atom stereocenters. The Morgan fingerprint density at radius 2 is 2.14 bits per heavy atom. The Morgan fingerprint density at radius 1 is 1.41 bits per heavy atom. The molecule has 1 aliphatic rings. The number of hydrogen-bond donors (Lipinski definition) is 1. The molecule has 0 saturated heterocycles. The van der Waals surface area contributed by atoms with E-state index in [0.29, 0.717) is 28.9 Å². The molecule has 8 heteroatoms. The average molecular weight is 306 g/mol. The zero-order chi connectivity index (χ0) is 15.7. The molecular weight excluding hydrogens is 292 g/mol. The van der Waals surface area contributed by atoms with Crippen LogP contribution in [0.25, 0.3) is 10.9 Å². The van der Waals surface area contributed by atoms with Crippen LogP contribution in [0.3, 0.4) is 0 Å². The van der Waals surface area contributed by atoms with Gasteiger partial charge in [-0.2, -0.15) is 5.10 Å². The van der Waals surface area contributed by atoms with E-state index >= 15 is 0 Å². The van der Waals surface area contributed by atoms with Gasteiger partial charge in [0.15, 0.2) is 11.5 Å². The fourth-order valence-electron chi connectivity index (χ4n) is 2.26. The van der Waals surface area contributed by atoms with Crippen LogP contribution in [0, 0.1) is 0 Å². The minimum atomic E-state index is -0.860. The number of benzene rings is 1. The second-order valence-corrected chi connectivity index (χ2v) is 4.58. The summed E-state index contributed by atoms with van der Waals surface area (Å²) in [5.74, 6) is 0.125. The van der Waals surface area contributed by atoms with Gasteiger partial charge in [-0.1, -0.05) is 0 Å². The van der Waals surface area contributed by atoms with E-state index in [2.05, 4.69) is 5.10 Å². The fraction of sp³-hybridized carbons (Fsp3) is 0.357. The lowest BCUT2D eigenvalue weighted by atomic mass is 10.1. The summed E-state index contributed by atoms with van der Waals surface area (Å²) in [4.78, 5) is 24.4. The van der Waals surface area contributed by atoms with Crippen LogP contribution in [0.15, 0.2) is 16.9 Å². The third-order valence-electron chi connectivity index (χ3n) is 3.27. The van der Waals surface area contributed by atoms with Gasteiger partial charge in [0.05, 0.1) is 17.5 Å². The number of aromatic nitrogens is 2. The second kappa shape index (κ2) is 5.64. The van der Waals surface area contributed by atoms with Crippen LogP contribution in [0.2, 0.25) is 0 Å². The number of hydrogen-bond acceptors (Lipinski definition) is 7. The van der Waals surface area contributed by atoms with Gasteiger partial charge in [-0.25, -0.2) is 4.79 Å². The van der Waals surface area contributed by atoms with Gasteiger partial charge < -0.3 is 19.3 Å². The van der Waals surface area contributed by atoms with Gasteiger partial charge in [-0.15, -0.1) is 0 Å². The van der Waals surface area contributed by atoms with Crippen molar-refractivity contribution in [1.82, 2.24) is 9.78 Å². The Morgan fingerprint density at radius 3 is 2.82 bits per heavy atom. The average Bonchev–Trinajstić information content (AvgIpc) is 2.99. The molecule has 0 spiro atoms. The van der Waals surface area contributed by atoms with Crippen molar-refractivity contribution in [3.05, 3.63) is 28.0 Å². The number of carbonyl (C=O) groups is 1. The van der Waals surface area contributed by atoms with E-state index in [9.17, 15) is 9.59 Å². The minimum Gasteiger partial charge on any atom is -0.458 e. The highest BCUT2D eigenvalue weighted by Crippen LogP contribution is 2.34. The standard InChI is InChI=1S/C14H14N2O6/c1-2-16-9-6-11-10(21-7-22-11)5-8(9)13(18)12(15-16)14(19)20-4-3-17/h5-6,17H,2-4,7H2,1H3. The Kier molecular flexibility index (Phi) is 3.68. The molecule has 8 nitrogen and oxygen atoms in total. The maximum atomic E-state index is 12.5. The van der Waals surface area contributed by atoms with E-state index in [0.717, 1.165) is 0 Å². The van der Waals surface area contributed by atoms with Gasteiger partial charge in [0, 0.05) is 12.6 Å². The molecule has 1 aromatic heterocycles. The van der Waals surface area contributed by atoms with E-state index in [1.54, 1.807) is 6.07 Å². The van der Waals surface area contributed by atoms with Crippen molar-refractivity contribution in [2.75, 3.05) is 20.0 Å². The summed E-state index contributed by atoms with van der Waals surface area (Å²) in [6.07, 6.45) is 0. The molecule has 1 N–H and O–H groups in total. The first-order valence-electron chi connectivity index (χ1n) is 6.78. The predicted octanol–water partition coefficient (Wildman–Crippen LogP) is 0.294. The number of aryl methyl sites for hydroxylation is 1. The third kappa shape index (κ3) is 2.27. The summed E-state index contributed by atoms with van der Waals surface area (Å²) in [5, 5.41) is 13.0. The highest BCUT2D eigenvalue weighted by molar-refractivity contribution is 5.92. The highest BCUT2D eigenvalue weighted by atomic mass is 16.7. The first kappa shape index (κ1) is 14.3. The second-order valence-electron chi connectivity index (χ2n) is 4.58. The molecule has 0 aliphatic carbocycles. The molecular formula is C14H14N2O6. The lowest BCUT2D eigenvalue weighted by Crippen LogP contribution is -2.25. The summed E-state index contributed by atoms with van der Waals surface area (Å²) in [5.41, 5.74) is -0.307. The lowest BCUT2D eigenvalue weighted by Gasteiger charge is -2.10. The van der Waals surface area contributed by atoms with Crippen LogP contribution in [0.1, 0.15) is 17.4 Å². The fourth-order valence-corrected chi connectivity index (χ4v) is 2.26. The maximum Gasteiger partial charge on any atom is 0.363 e. The minimum absolute atomic E-state index is 0.0881. The molecule has 0 amide bonds. The molecule has 0 radical (unpaired) electrons. The summed E-state index contributed by atoms with van der Waals surface area (Å²) < 4.78 is 16.9. The normalized spacial score (nSPS) is 12.6. The SMILES string of the molecule is CCn1nc(C(=O)OCCO)c(=O)c2cc3c(cc21)OCO3. The van der Waals surface area contributed by atoms with Crippen molar-refractivity contribution in [3.63, 3.8) is 0 Å². The number of carbonyl (C=O) groups excluding carboxylic acids is 1. The van der Waals surface area contributed by atoms with Crippen LogP contribution in [0.4, 0.5) is 0 Å². The molecule has 0 fully saturated rings. The molecule has 0 bridgehead atoms. The van der Waals surface area contributed by atoms with Gasteiger partial charge >= 0.3 is 5.97 Å². The monoisotopic (exact) mass is 306 g/mol. The summed E-state index contributed by atoms with van der Waals surface area (Å²) in [7, 11) is 0. The van der Waals surface area contributed by atoms with Gasteiger partial charge in [-0.3, -0.25) is 9.48 Å². The van der Waals surface area contributed by atoms with E-state index in [4.69, 9.17) is 19.3 Å². The molecule has 0 saturated carbocycles. The van der Waals surface area contributed by atoms with Crippen molar-refractivity contribution in [2.45, 2.75) is 13.5 Å². The topological polar surface area (TPSA) is 99.9 Å². The summed E-state index contributed by atoms with van der Waals surface area (Å²) in [6, 6.07) is 3.20. The van der Waals surface area contributed by atoms with Crippen LogP contribution in [-0.4, -0.2) is 40.9 Å². The first-order chi connectivity index (χ1) is 10.7. The molecule has 2 heterocycles. The highest BCUT2D eigenvalue weighted by Gasteiger charge is 2.22. The zero-order valence-corrected chi connectivity index (χ0v) is 11.9. The Labute approximate surface area is 124 Å². The quantitative estimate of drug-likeness (QED) is 0.810.